The second-order valence-corrected chi connectivity index (χ2v) is 5.08. The van der Waals surface area contributed by atoms with Gasteiger partial charge in [0.15, 0.2) is 6.61 Å². The molecule has 0 saturated carbocycles. The van der Waals surface area contributed by atoms with E-state index in [1.807, 2.05) is 0 Å². The van der Waals surface area contributed by atoms with Crippen LogP contribution < -0.4 is 5.32 Å². The van der Waals surface area contributed by atoms with Crippen LogP contribution in [0.1, 0.15) is 23.2 Å². The zero-order valence-electron chi connectivity index (χ0n) is 11.9. The zero-order chi connectivity index (χ0) is 16.5. The van der Waals surface area contributed by atoms with E-state index >= 15 is 0 Å². The van der Waals surface area contributed by atoms with Gasteiger partial charge in [-0.25, -0.2) is 9.18 Å². The molecule has 0 fully saturated rings. The Morgan fingerprint density at radius 2 is 2.05 bits per heavy atom. The third-order valence-electron chi connectivity index (χ3n) is 2.59. The van der Waals surface area contributed by atoms with Crippen LogP contribution in [0.3, 0.4) is 0 Å². The predicted octanol–water partition coefficient (Wildman–Crippen LogP) is 1.81. The Hall–Kier alpha value is -1.96. The monoisotopic (exact) mass is 375 g/mol. The van der Waals surface area contributed by atoms with Crippen LogP contribution in [0.2, 0.25) is 0 Å². The number of carbonyl (C=O) groups is 3. The minimum absolute atomic E-state index is 0.00140. The highest BCUT2D eigenvalue weighted by molar-refractivity contribution is 9.10. The average molecular weight is 376 g/mol. The van der Waals surface area contributed by atoms with Crippen LogP contribution in [0.5, 0.6) is 0 Å². The molecule has 1 aromatic rings. The fraction of sp³-hybridized carbons (Fsp3) is 0.357. The lowest BCUT2D eigenvalue weighted by Crippen LogP contribution is -2.30. The molecule has 0 unspecified atom stereocenters. The van der Waals surface area contributed by atoms with Gasteiger partial charge in [0.1, 0.15) is 5.82 Å². The largest absolute Gasteiger partial charge is 0.469 e. The highest BCUT2D eigenvalue weighted by atomic mass is 79.9. The summed E-state index contributed by atoms with van der Waals surface area (Å²) in [6.07, 6.45) is 0.606. The standard InChI is InChI=1S/C14H15BrFNO5/c1-21-13(19)3-2-6-17-12(18)8-22-14(20)10-7-9(16)4-5-11(10)15/h4-5,7H,2-3,6,8H2,1H3,(H,17,18). The van der Waals surface area contributed by atoms with Crippen LogP contribution in [0.25, 0.3) is 0 Å². The second-order valence-electron chi connectivity index (χ2n) is 4.23. The lowest BCUT2D eigenvalue weighted by Gasteiger charge is -2.07. The summed E-state index contributed by atoms with van der Waals surface area (Å²) in [4.78, 5) is 34.0. The first-order chi connectivity index (χ1) is 10.4. The molecule has 1 rings (SSSR count). The van der Waals surface area contributed by atoms with E-state index in [0.29, 0.717) is 10.9 Å². The summed E-state index contributed by atoms with van der Waals surface area (Å²) in [5.74, 6) is -2.26. The summed E-state index contributed by atoms with van der Waals surface area (Å²) in [5, 5.41) is 2.49. The average Bonchev–Trinajstić information content (AvgIpc) is 2.51. The lowest BCUT2D eigenvalue weighted by atomic mass is 10.2. The molecule has 22 heavy (non-hydrogen) atoms. The Balaban J connectivity index is 2.33. The van der Waals surface area contributed by atoms with E-state index in [2.05, 4.69) is 26.0 Å². The maximum atomic E-state index is 13.1. The van der Waals surface area contributed by atoms with Crippen LogP contribution in [0, 0.1) is 5.82 Å². The highest BCUT2D eigenvalue weighted by Crippen LogP contribution is 2.18. The van der Waals surface area contributed by atoms with Crippen LogP contribution in [-0.2, 0) is 19.1 Å². The smallest absolute Gasteiger partial charge is 0.339 e. The number of hydrogen-bond acceptors (Lipinski definition) is 5. The van der Waals surface area contributed by atoms with Gasteiger partial charge in [-0.3, -0.25) is 9.59 Å². The molecule has 6 nitrogen and oxygen atoms in total. The Morgan fingerprint density at radius 3 is 2.73 bits per heavy atom. The maximum Gasteiger partial charge on any atom is 0.339 e. The van der Waals surface area contributed by atoms with E-state index in [9.17, 15) is 18.8 Å². The van der Waals surface area contributed by atoms with Gasteiger partial charge in [0.2, 0.25) is 0 Å². The third-order valence-corrected chi connectivity index (χ3v) is 3.28. The van der Waals surface area contributed by atoms with Gasteiger partial charge in [-0.2, -0.15) is 0 Å². The highest BCUT2D eigenvalue weighted by Gasteiger charge is 2.14. The van der Waals surface area contributed by atoms with Crippen molar-refractivity contribution in [1.29, 1.82) is 0 Å². The summed E-state index contributed by atoms with van der Waals surface area (Å²) in [6.45, 7) is -0.227. The quantitative estimate of drug-likeness (QED) is 0.580. The number of esters is 2. The van der Waals surface area contributed by atoms with Crippen LogP contribution in [-0.4, -0.2) is 38.1 Å². The van der Waals surface area contributed by atoms with Gasteiger partial charge in [-0.15, -0.1) is 0 Å². The van der Waals surface area contributed by atoms with E-state index < -0.39 is 24.3 Å². The van der Waals surface area contributed by atoms with E-state index in [1.165, 1.54) is 19.2 Å². The molecule has 1 amide bonds. The Kier molecular flexibility index (Phi) is 7.51. The van der Waals surface area contributed by atoms with Crippen molar-refractivity contribution in [1.82, 2.24) is 5.32 Å². The van der Waals surface area contributed by atoms with Gasteiger partial charge in [0.25, 0.3) is 5.91 Å². The molecule has 0 aliphatic heterocycles. The topological polar surface area (TPSA) is 81.7 Å². The van der Waals surface area contributed by atoms with Crippen molar-refractivity contribution < 1.29 is 28.2 Å². The molecule has 0 saturated heterocycles. The summed E-state index contributed by atoms with van der Waals surface area (Å²) >= 11 is 3.10. The first-order valence-corrected chi connectivity index (χ1v) is 7.19. The van der Waals surface area contributed by atoms with Crippen molar-refractivity contribution in [2.45, 2.75) is 12.8 Å². The molecule has 0 heterocycles. The molecule has 0 aromatic heterocycles. The van der Waals surface area contributed by atoms with Crippen LogP contribution in [0.15, 0.2) is 22.7 Å². The normalized spacial score (nSPS) is 9.95. The molecular formula is C14H15BrFNO5. The molecule has 0 radical (unpaired) electrons. The number of benzene rings is 1. The number of hydrogen-bond donors (Lipinski definition) is 1. The molecule has 0 bridgehead atoms. The van der Waals surface area contributed by atoms with E-state index in [-0.39, 0.29) is 24.5 Å². The Bertz CT molecular complexity index is 564. The van der Waals surface area contributed by atoms with Crippen LogP contribution >= 0.6 is 15.9 Å². The minimum Gasteiger partial charge on any atom is -0.469 e. The van der Waals surface area contributed by atoms with Gasteiger partial charge in [0.05, 0.1) is 12.7 Å². The van der Waals surface area contributed by atoms with E-state index in [1.54, 1.807) is 0 Å². The summed E-state index contributed by atoms with van der Waals surface area (Å²) in [7, 11) is 1.28. The molecule has 8 heteroatoms. The van der Waals surface area contributed by atoms with Crippen molar-refractivity contribution >= 4 is 33.8 Å². The van der Waals surface area contributed by atoms with Gasteiger partial charge in [0, 0.05) is 17.4 Å². The fourth-order valence-corrected chi connectivity index (χ4v) is 1.88. The molecule has 0 atom stereocenters. The van der Waals surface area contributed by atoms with Gasteiger partial charge in [-0.1, -0.05) is 0 Å². The molecule has 1 aromatic carbocycles. The zero-order valence-corrected chi connectivity index (χ0v) is 13.4. The predicted molar refractivity (Wildman–Crippen MR) is 78.6 cm³/mol. The number of rotatable bonds is 7. The third kappa shape index (κ3) is 6.21. The summed E-state index contributed by atoms with van der Waals surface area (Å²) < 4.78 is 22.7. The van der Waals surface area contributed by atoms with Gasteiger partial charge < -0.3 is 14.8 Å². The van der Waals surface area contributed by atoms with Gasteiger partial charge >= 0.3 is 11.9 Å². The van der Waals surface area contributed by atoms with Crippen molar-refractivity contribution in [3.05, 3.63) is 34.1 Å². The molecular weight excluding hydrogens is 361 g/mol. The fourth-order valence-electron chi connectivity index (χ4n) is 1.48. The number of amides is 1. The molecule has 0 aliphatic carbocycles. The van der Waals surface area contributed by atoms with Crippen molar-refractivity contribution in [2.75, 3.05) is 20.3 Å². The van der Waals surface area contributed by atoms with E-state index in [0.717, 1.165) is 6.07 Å². The number of halogens is 2. The molecule has 0 spiro atoms. The molecule has 1 N–H and O–H groups in total. The molecule has 120 valence electrons. The van der Waals surface area contributed by atoms with Crippen LogP contribution in [0.4, 0.5) is 4.39 Å². The molecule has 0 aliphatic rings. The maximum absolute atomic E-state index is 13.1. The Morgan fingerprint density at radius 1 is 1.32 bits per heavy atom. The minimum atomic E-state index is -0.809. The number of methoxy groups -OCH3 is 1. The first-order valence-electron chi connectivity index (χ1n) is 6.39. The summed E-state index contributed by atoms with van der Waals surface area (Å²) in [5.41, 5.74) is -0.00140. The van der Waals surface area contributed by atoms with E-state index in [4.69, 9.17) is 4.74 Å². The number of nitrogens with one attached hydrogen (secondary N) is 1. The summed E-state index contributed by atoms with van der Waals surface area (Å²) in [6, 6.07) is 3.58. The SMILES string of the molecule is COC(=O)CCCNC(=O)COC(=O)c1cc(F)ccc1Br. The second kappa shape index (κ2) is 9.14. The number of carbonyl (C=O) groups excluding carboxylic acids is 3. The van der Waals surface area contributed by atoms with Crippen molar-refractivity contribution in [3.63, 3.8) is 0 Å². The lowest BCUT2D eigenvalue weighted by molar-refractivity contribution is -0.140. The van der Waals surface area contributed by atoms with Gasteiger partial charge in [-0.05, 0) is 40.5 Å². The van der Waals surface area contributed by atoms with Crippen molar-refractivity contribution in [2.24, 2.45) is 0 Å². The first kappa shape index (κ1) is 18.1. The Labute approximate surface area is 135 Å². The number of ether oxygens (including phenoxy) is 2. The van der Waals surface area contributed by atoms with Crippen molar-refractivity contribution in [3.8, 4) is 0 Å².